The lowest BCUT2D eigenvalue weighted by molar-refractivity contribution is 0.122. The fraction of sp³-hybridized carbons (Fsp3) is 0.571. The van der Waals surface area contributed by atoms with Crippen LogP contribution in [0.15, 0.2) is 29.2 Å². The molecule has 0 amide bonds. The Morgan fingerprint density at radius 2 is 1.85 bits per heavy atom. The highest BCUT2D eigenvalue weighted by Crippen LogP contribution is 2.14. The zero-order valence-electron chi connectivity index (χ0n) is 12.3. The molecule has 112 valence electrons. The number of hydrogen-bond acceptors (Lipinski definition) is 5. The second-order valence-electron chi connectivity index (χ2n) is 5.57. The third-order valence-corrected chi connectivity index (χ3v) is 4.93. The molecule has 1 aliphatic heterocycles. The summed E-state index contributed by atoms with van der Waals surface area (Å²) in [7, 11) is 1.17. The number of anilines is 1. The van der Waals surface area contributed by atoms with E-state index in [1.54, 1.807) is 12.1 Å². The minimum atomic E-state index is -3.11. The number of nitrogens with one attached hydrogen (secondary N) is 1. The number of rotatable bonds is 4. The maximum atomic E-state index is 11.4. The van der Waals surface area contributed by atoms with E-state index < -0.39 is 9.84 Å². The molecule has 0 bridgehead atoms. The van der Waals surface area contributed by atoms with Gasteiger partial charge in [-0.1, -0.05) is 0 Å². The summed E-state index contributed by atoms with van der Waals surface area (Å²) in [6.45, 7) is 4.09. The zero-order valence-corrected chi connectivity index (χ0v) is 13.2. The predicted molar refractivity (Wildman–Crippen MR) is 82.0 cm³/mol. The maximum Gasteiger partial charge on any atom is 0.175 e. The molecule has 0 radical (unpaired) electrons. The summed E-state index contributed by atoms with van der Waals surface area (Å²) in [6, 6.07) is 7.41. The van der Waals surface area contributed by atoms with Gasteiger partial charge < -0.3 is 10.2 Å². The highest BCUT2D eigenvalue weighted by atomic mass is 32.2. The number of nitrogens with zero attached hydrogens (tertiary/aromatic N) is 2. The third kappa shape index (κ3) is 3.94. The molecule has 1 aromatic carbocycles. The van der Waals surface area contributed by atoms with E-state index in [-0.39, 0.29) is 0 Å². The van der Waals surface area contributed by atoms with E-state index in [1.807, 2.05) is 12.1 Å². The molecular weight excluding hydrogens is 274 g/mol. The maximum absolute atomic E-state index is 11.4. The molecule has 6 heteroatoms. The molecule has 1 unspecified atom stereocenters. The van der Waals surface area contributed by atoms with Crippen molar-refractivity contribution in [3.05, 3.63) is 24.3 Å². The Labute approximate surface area is 121 Å². The average Bonchev–Trinajstić information content (AvgIpc) is 2.39. The number of benzene rings is 1. The van der Waals surface area contributed by atoms with Crippen molar-refractivity contribution in [1.82, 2.24) is 9.80 Å². The van der Waals surface area contributed by atoms with Gasteiger partial charge in [-0.3, -0.25) is 4.90 Å². The van der Waals surface area contributed by atoms with Gasteiger partial charge >= 0.3 is 0 Å². The van der Waals surface area contributed by atoms with E-state index in [1.165, 1.54) is 6.26 Å². The molecule has 1 aliphatic rings. The molecule has 1 atom stereocenters. The SMILES string of the molecule is CN1CCN(C)C(CNc2ccc(S(C)(=O)=O)cc2)C1. The van der Waals surface area contributed by atoms with E-state index >= 15 is 0 Å². The van der Waals surface area contributed by atoms with Gasteiger partial charge in [0.15, 0.2) is 9.84 Å². The van der Waals surface area contributed by atoms with Gasteiger partial charge in [0.1, 0.15) is 0 Å². The number of hydrogen-bond donors (Lipinski definition) is 1. The van der Waals surface area contributed by atoms with E-state index in [2.05, 4.69) is 29.2 Å². The second-order valence-corrected chi connectivity index (χ2v) is 7.59. The van der Waals surface area contributed by atoms with Crippen molar-refractivity contribution in [2.24, 2.45) is 0 Å². The average molecular weight is 297 g/mol. The topological polar surface area (TPSA) is 52.6 Å². The van der Waals surface area contributed by atoms with Crippen LogP contribution in [-0.4, -0.2) is 70.8 Å². The predicted octanol–water partition coefficient (Wildman–Crippen LogP) is 0.748. The van der Waals surface area contributed by atoms with Gasteiger partial charge in [-0.25, -0.2) is 8.42 Å². The molecule has 5 nitrogen and oxygen atoms in total. The molecule has 1 aromatic rings. The summed E-state index contributed by atoms with van der Waals surface area (Å²) in [5.41, 5.74) is 0.957. The van der Waals surface area contributed by atoms with Crippen molar-refractivity contribution < 1.29 is 8.42 Å². The van der Waals surface area contributed by atoms with Crippen LogP contribution in [-0.2, 0) is 9.84 Å². The molecule has 1 fully saturated rings. The molecule has 1 saturated heterocycles. The van der Waals surface area contributed by atoms with Crippen LogP contribution in [0, 0.1) is 0 Å². The molecule has 2 rings (SSSR count). The van der Waals surface area contributed by atoms with Gasteiger partial charge in [-0.2, -0.15) is 0 Å². The van der Waals surface area contributed by atoms with E-state index in [4.69, 9.17) is 0 Å². The first-order chi connectivity index (χ1) is 9.36. The normalized spacial score (nSPS) is 21.9. The lowest BCUT2D eigenvalue weighted by Crippen LogP contribution is -2.52. The Balaban J connectivity index is 1.94. The molecular formula is C14H23N3O2S. The van der Waals surface area contributed by atoms with Gasteiger partial charge in [0.25, 0.3) is 0 Å². The Morgan fingerprint density at radius 3 is 2.45 bits per heavy atom. The fourth-order valence-corrected chi connectivity index (χ4v) is 3.01. The van der Waals surface area contributed by atoms with Crippen LogP contribution in [0.2, 0.25) is 0 Å². The Bertz CT molecular complexity index is 542. The Hall–Kier alpha value is -1.11. The summed E-state index contributed by atoms with van der Waals surface area (Å²) in [6.07, 6.45) is 1.22. The van der Waals surface area contributed by atoms with Crippen molar-refractivity contribution >= 4 is 15.5 Å². The van der Waals surface area contributed by atoms with Crippen molar-refractivity contribution in [2.75, 3.05) is 51.8 Å². The monoisotopic (exact) mass is 297 g/mol. The molecule has 1 heterocycles. The van der Waals surface area contributed by atoms with E-state index in [9.17, 15) is 8.42 Å². The minimum Gasteiger partial charge on any atom is -0.383 e. The van der Waals surface area contributed by atoms with Crippen LogP contribution >= 0.6 is 0 Å². The van der Waals surface area contributed by atoms with E-state index in [0.29, 0.717) is 10.9 Å². The van der Waals surface area contributed by atoms with Crippen molar-refractivity contribution in [2.45, 2.75) is 10.9 Å². The summed E-state index contributed by atoms with van der Waals surface area (Å²) in [5, 5.41) is 3.38. The second kappa shape index (κ2) is 6.11. The van der Waals surface area contributed by atoms with Gasteiger partial charge in [-0.15, -0.1) is 0 Å². The largest absolute Gasteiger partial charge is 0.383 e. The summed E-state index contributed by atoms with van der Waals surface area (Å²) >= 11 is 0. The molecule has 0 aliphatic carbocycles. The lowest BCUT2D eigenvalue weighted by atomic mass is 10.2. The standard InChI is InChI=1S/C14H23N3O2S/c1-16-8-9-17(2)13(11-16)10-15-12-4-6-14(7-5-12)20(3,18)19/h4-7,13,15H,8-11H2,1-3H3. The van der Waals surface area contributed by atoms with Crippen LogP contribution in [0.25, 0.3) is 0 Å². The number of likely N-dealkylation sites (N-methyl/N-ethyl adjacent to an activating group) is 2. The van der Waals surface area contributed by atoms with Crippen molar-refractivity contribution in [3.63, 3.8) is 0 Å². The Kier molecular flexibility index (Phi) is 4.67. The quantitative estimate of drug-likeness (QED) is 0.889. The molecule has 0 aromatic heterocycles. The summed E-state index contributed by atoms with van der Waals surface area (Å²) < 4.78 is 22.8. The number of piperazine rings is 1. The molecule has 1 N–H and O–H groups in total. The zero-order chi connectivity index (χ0) is 14.8. The van der Waals surface area contributed by atoms with Crippen LogP contribution < -0.4 is 5.32 Å². The lowest BCUT2D eigenvalue weighted by Gasteiger charge is -2.37. The first-order valence-electron chi connectivity index (χ1n) is 6.79. The first kappa shape index (κ1) is 15.3. The van der Waals surface area contributed by atoms with E-state index in [0.717, 1.165) is 31.9 Å². The van der Waals surface area contributed by atoms with Crippen molar-refractivity contribution in [1.29, 1.82) is 0 Å². The molecule has 0 spiro atoms. The van der Waals surface area contributed by atoms with Gasteiger partial charge in [0.2, 0.25) is 0 Å². The van der Waals surface area contributed by atoms with Crippen LogP contribution in [0.4, 0.5) is 5.69 Å². The van der Waals surface area contributed by atoms with Crippen LogP contribution in [0.1, 0.15) is 0 Å². The van der Waals surface area contributed by atoms with Crippen LogP contribution in [0.3, 0.4) is 0 Å². The highest BCUT2D eigenvalue weighted by molar-refractivity contribution is 7.90. The smallest absolute Gasteiger partial charge is 0.175 e. The van der Waals surface area contributed by atoms with Crippen LogP contribution in [0.5, 0.6) is 0 Å². The Morgan fingerprint density at radius 1 is 1.20 bits per heavy atom. The summed E-state index contributed by atoms with van der Waals surface area (Å²) in [5.74, 6) is 0. The van der Waals surface area contributed by atoms with Gasteiger partial charge in [0, 0.05) is 44.2 Å². The first-order valence-corrected chi connectivity index (χ1v) is 8.68. The fourth-order valence-electron chi connectivity index (χ4n) is 2.38. The van der Waals surface area contributed by atoms with Gasteiger partial charge in [0.05, 0.1) is 4.90 Å². The third-order valence-electron chi connectivity index (χ3n) is 3.80. The summed E-state index contributed by atoms with van der Waals surface area (Å²) in [4.78, 5) is 5.05. The molecule has 0 saturated carbocycles. The number of sulfone groups is 1. The van der Waals surface area contributed by atoms with Crippen molar-refractivity contribution in [3.8, 4) is 0 Å². The van der Waals surface area contributed by atoms with Gasteiger partial charge in [-0.05, 0) is 38.4 Å². The minimum absolute atomic E-state index is 0.359. The highest BCUT2D eigenvalue weighted by Gasteiger charge is 2.21. The molecule has 20 heavy (non-hydrogen) atoms.